The maximum Gasteiger partial charge on any atom is 0.408 e. The van der Waals surface area contributed by atoms with Gasteiger partial charge in [-0.1, -0.05) is 36.3 Å². The van der Waals surface area contributed by atoms with Crippen LogP contribution < -0.4 is 10.6 Å². The highest BCUT2D eigenvalue weighted by Gasteiger charge is 2.35. The zero-order valence-corrected chi connectivity index (χ0v) is 19.1. The van der Waals surface area contributed by atoms with Gasteiger partial charge in [0.1, 0.15) is 17.7 Å². The molecule has 0 fully saturated rings. The first kappa shape index (κ1) is 25.0. The van der Waals surface area contributed by atoms with Crippen LogP contribution in [0.15, 0.2) is 24.3 Å². The van der Waals surface area contributed by atoms with Crippen LogP contribution in [0.5, 0.6) is 0 Å². The minimum atomic E-state index is -1.05. The second-order valence-electron chi connectivity index (χ2n) is 9.26. The Morgan fingerprint density at radius 1 is 1.13 bits per heavy atom. The maximum absolute atomic E-state index is 13.1. The molecule has 1 rings (SSSR count). The number of nitrogens with zero attached hydrogens (tertiary/aromatic N) is 1. The van der Waals surface area contributed by atoms with Gasteiger partial charge >= 0.3 is 6.09 Å². The standard InChI is InChI=1S/C23H33N3O4/c1-10-26(20(28)16(3)24-21(29)30-23(7,8)9)18(19(27)25-22(4,5)6)17-13-11-12-15(2)14-17/h1,11-14,16,18H,2-9H3,(H,24,29)(H,25,27). The van der Waals surface area contributed by atoms with Crippen LogP contribution >= 0.6 is 0 Å². The third kappa shape index (κ3) is 7.78. The molecule has 0 radical (unpaired) electrons. The number of hydrogen-bond donors (Lipinski definition) is 2. The number of aryl methyl sites for hydroxylation is 1. The molecule has 0 saturated carbocycles. The summed E-state index contributed by atoms with van der Waals surface area (Å²) in [6.45, 7) is 14.1. The van der Waals surface area contributed by atoms with Crippen molar-refractivity contribution in [2.75, 3.05) is 0 Å². The van der Waals surface area contributed by atoms with Crippen molar-refractivity contribution in [3.63, 3.8) is 0 Å². The molecule has 0 bridgehead atoms. The first-order valence-corrected chi connectivity index (χ1v) is 9.82. The summed E-state index contributed by atoms with van der Waals surface area (Å²) in [7, 11) is 0. The molecule has 2 N–H and O–H groups in total. The molecule has 7 heteroatoms. The number of carbonyl (C=O) groups is 3. The second kappa shape index (κ2) is 9.66. The van der Waals surface area contributed by atoms with Crippen molar-refractivity contribution < 1.29 is 19.1 Å². The Labute approximate surface area is 179 Å². The monoisotopic (exact) mass is 415 g/mol. The van der Waals surface area contributed by atoms with E-state index in [4.69, 9.17) is 11.2 Å². The number of rotatable bonds is 5. The topological polar surface area (TPSA) is 87.7 Å². The summed E-state index contributed by atoms with van der Waals surface area (Å²) in [6, 6.07) is 7.50. The van der Waals surface area contributed by atoms with Gasteiger partial charge in [-0.25, -0.2) is 4.79 Å². The molecular formula is C23H33N3O4. The average molecular weight is 416 g/mol. The lowest BCUT2D eigenvalue weighted by molar-refractivity contribution is -0.138. The van der Waals surface area contributed by atoms with Crippen LogP contribution in [0.25, 0.3) is 0 Å². The molecule has 30 heavy (non-hydrogen) atoms. The van der Waals surface area contributed by atoms with E-state index in [1.165, 1.54) is 6.92 Å². The first-order valence-electron chi connectivity index (χ1n) is 9.82. The number of nitrogens with one attached hydrogen (secondary N) is 2. The molecule has 0 aliphatic heterocycles. The molecule has 7 nitrogen and oxygen atoms in total. The van der Waals surface area contributed by atoms with Crippen LogP contribution in [0, 0.1) is 19.4 Å². The van der Waals surface area contributed by atoms with Gasteiger partial charge < -0.3 is 15.4 Å². The fraction of sp³-hybridized carbons (Fsp3) is 0.522. The van der Waals surface area contributed by atoms with E-state index in [1.54, 1.807) is 39.0 Å². The molecule has 2 unspecified atom stereocenters. The highest BCUT2D eigenvalue weighted by atomic mass is 16.6. The number of hydrogen-bond acceptors (Lipinski definition) is 4. The molecule has 0 spiro atoms. The largest absolute Gasteiger partial charge is 0.444 e. The molecule has 2 atom stereocenters. The number of terminal acetylenes is 1. The van der Waals surface area contributed by atoms with Crippen LogP contribution in [-0.2, 0) is 14.3 Å². The summed E-state index contributed by atoms with van der Waals surface area (Å²) >= 11 is 0. The van der Waals surface area contributed by atoms with Crippen molar-refractivity contribution in [3.05, 3.63) is 35.4 Å². The zero-order valence-electron chi connectivity index (χ0n) is 19.1. The summed E-state index contributed by atoms with van der Waals surface area (Å²) in [5.74, 6) is -1.01. The van der Waals surface area contributed by atoms with Gasteiger partial charge in [0, 0.05) is 11.6 Å². The number of amides is 3. The minimum absolute atomic E-state index is 0.413. The smallest absolute Gasteiger partial charge is 0.408 e. The van der Waals surface area contributed by atoms with Crippen molar-refractivity contribution in [2.24, 2.45) is 0 Å². The molecule has 0 aliphatic rings. The lowest BCUT2D eigenvalue weighted by Crippen LogP contribution is -2.52. The fourth-order valence-electron chi connectivity index (χ4n) is 2.72. The van der Waals surface area contributed by atoms with Crippen LogP contribution in [0.2, 0.25) is 0 Å². The molecule has 164 valence electrons. The molecule has 0 aliphatic carbocycles. The number of ether oxygens (including phenoxy) is 1. The Hall–Kier alpha value is -3.01. The van der Waals surface area contributed by atoms with E-state index in [9.17, 15) is 14.4 Å². The highest BCUT2D eigenvalue weighted by molar-refractivity contribution is 5.93. The lowest BCUT2D eigenvalue weighted by Gasteiger charge is -2.31. The number of benzene rings is 1. The average Bonchev–Trinajstić information content (AvgIpc) is 2.55. The van der Waals surface area contributed by atoms with E-state index >= 15 is 0 Å². The lowest BCUT2D eigenvalue weighted by atomic mass is 10.00. The summed E-state index contributed by atoms with van der Waals surface area (Å²) in [4.78, 5) is 39.2. The zero-order chi connectivity index (χ0) is 23.3. The van der Waals surface area contributed by atoms with Gasteiger partial charge in [-0.05, 0) is 61.0 Å². The van der Waals surface area contributed by atoms with Crippen LogP contribution in [-0.4, -0.2) is 40.0 Å². The van der Waals surface area contributed by atoms with Crippen molar-refractivity contribution in [1.29, 1.82) is 0 Å². The SMILES string of the molecule is C#CN(C(=O)C(C)NC(=O)OC(C)(C)C)C(C(=O)NC(C)(C)C)c1cccc(C)c1. The van der Waals surface area contributed by atoms with Gasteiger partial charge in [0.15, 0.2) is 0 Å². The molecule has 0 aromatic heterocycles. The van der Waals surface area contributed by atoms with Gasteiger partial charge in [0.25, 0.3) is 5.91 Å². The van der Waals surface area contributed by atoms with Gasteiger partial charge in [-0.15, -0.1) is 0 Å². The van der Waals surface area contributed by atoms with Gasteiger partial charge in [-0.2, -0.15) is 0 Å². The normalized spacial score (nSPS) is 13.4. The quantitative estimate of drug-likeness (QED) is 0.571. The molecular weight excluding hydrogens is 382 g/mol. The summed E-state index contributed by atoms with van der Waals surface area (Å²) in [6.07, 6.45) is 4.91. The molecule has 0 saturated heterocycles. The van der Waals surface area contributed by atoms with Crippen molar-refractivity contribution >= 4 is 17.9 Å². The summed E-state index contributed by atoms with van der Waals surface area (Å²) < 4.78 is 5.19. The maximum atomic E-state index is 13.1. The molecule has 3 amide bonds. The summed E-state index contributed by atoms with van der Waals surface area (Å²) in [5, 5.41) is 5.35. The number of alkyl carbamates (subject to hydrolysis) is 1. The molecule has 1 aromatic carbocycles. The van der Waals surface area contributed by atoms with E-state index in [1.807, 2.05) is 33.8 Å². The van der Waals surface area contributed by atoms with Crippen LogP contribution in [0.4, 0.5) is 4.79 Å². The predicted octanol–water partition coefficient (Wildman–Crippen LogP) is 3.28. The van der Waals surface area contributed by atoms with E-state index < -0.39 is 41.1 Å². The number of carbonyl (C=O) groups excluding carboxylic acids is 3. The highest BCUT2D eigenvalue weighted by Crippen LogP contribution is 2.24. The minimum Gasteiger partial charge on any atom is -0.444 e. The first-order chi connectivity index (χ1) is 13.6. The molecule has 0 heterocycles. The van der Waals surface area contributed by atoms with Gasteiger partial charge in [0.05, 0.1) is 0 Å². The van der Waals surface area contributed by atoms with Crippen molar-refractivity contribution in [2.45, 2.75) is 78.6 Å². The third-order valence-electron chi connectivity index (χ3n) is 3.84. The van der Waals surface area contributed by atoms with E-state index in [0.29, 0.717) is 5.56 Å². The molecule has 1 aromatic rings. The van der Waals surface area contributed by atoms with Gasteiger partial charge in [-0.3, -0.25) is 14.5 Å². The van der Waals surface area contributed by atoms with E-state index in [-0.39, 0.29) is 0 Å². The Kier molecular flexibility index (Phi) is 8.06. The second-order valence-corrected chi connectivity index (χ2v) is 9.26. The Bertz CT molecular complexity index is 828. The van der Waals surface area contributed by atoms with Gasteiger partial charge in [0.2, 0.25) is 5.91 Å². The third-order valence-corrected chi connectivity index (χ3v) is 3.84. The summed E-state index contributed by atoms with van der Waals surface area (Å²) in [5.41, 5.74) is 0.260. The fourth-order valence-corrected chi connectivity index (χ4v) is 2.72. The Morgan fingerprint density at radius 2 is 1.73 bits per heavy atom. The van der Waals surface area contributed by atoms with Crippen LogP contribution in [0.3, 0.4) is 0 Å². The van der Waals surface area contributed by atoms with E-state index in [0.717, 1.165) is 10.5 Å². The Morgan fingerprint density at radius 3 is 2.20 bits per heavy atom. The predicted molar refractivity (Wildman–Crippen MR) is 116 cm³/mol. The van der Waals surface area contributed by atoms with E-state index in [2.05, 4.69) is 16.7 Å². The van der Waals surface area contributed by atoms with Crippen molar-refractivity contribution in [3.8, 4) is 12.5 Å². The van der Waals surface area contributed by atoms with Crippen molar-refractivity contribution in [1.82, 2.24) is 15.5 Å². The van der Waals surface area contributed by atoms with Crippen LogP contribution in [0.1, 0.15) is 65.6 Å². The Balaban J connectivity index is 3.22.